The quantitative estimate of drug-likeness (QED) is 0.357. The smallest absolute Gasteiger partial charge is 0.410 e. The average molecular weight is 531 g/mol. The molecule has 2 aromatic carbocycles. The van der Waals surface area contributed by atoms with Gasteiger partial charge in [0.05, 0.1) is 17.8 Å². The number of aromatic nitrogens is 2. The molecule has 3 aliphatic heterocycles. The van der Waals surface area contributed by atoms with Gasteiger partial charge in [0.2, 0.25) is 0 Å². The second kappa shape index (κ2) is 8.33. The zero-order chi connectivity index (χ0) is 26.4. The van der Waals surface area contributed by atoms with Crippen molar-refractivity contribution in [3.8, 4) is 0 Å². The summed E-state index contributed by atoms with van der Waals surface area (Å²) in [5.41, 5.74) is 4.60. The van der Waals surface area contributed by atoms with Crippen LogP contribution < -0.4 is 4.90 Å². The Morgan fingerprint density at radius 3 is 2.55 bits per heavy atom. The number of nitrogens with zero attached hydrogens (tertiary/aromatic N) is 4. The van der Waals surface area contributed by atoms with E-state index >= 15 is 0 Å². The van der Waals surface area contributed by atoms with E-state index in [4.69, 9.17) is 14.7 Å². The fraction of sp³-hybridized carbons (Fsp3) is 0.500. The molecule has 4 atom stereocenters. The fourth-order valence-electron chi connectivity index (χ4n) is 7.30. The van der Waals surface area contributed by atoms with Crippen molar-refractivity contribution in [3.05, 3.63) is 58.8 Å². The van der Waals surface area contributed by atoms with Crippen molar-refractivity contribution in [2.45, 2.75) is 81.1 Å². The van der Waals surface area contributed by atoms with Gasteiger partial charge in [0, 0.05) is 41.7 Å². The molecule has 1 aromatic heterocycles. The number of piperidine rings is 1. The summed E-state index contributed by atoms with van der Waals surface area (Å²) in [7, 11) is 0. The predicted octanol–water partition coefficient (Wildman–Crippen LogP) is 4.55. The Balaban J connectivity index is 1.21. The topological polar surface area (TPSA) is 81.6 Å². The molecule has 2 aliphatic carbocycles. The number of anilines is 1. The van der Waals surface area contributed by atoms with Crippen molar-refractivity contribution < 1.29 is 14.1 Å². The summed E-state index contributed by atoms with van der Waals surface area (Å²) in [5, 5.41) is 3.13. The van der Waals surface area contributed by atoms with Gasteiger partial charge in [-0.2, -0.15) is 9.97 Å². The molecule has 1 amide bonds. The molecule has 4 heterocycles. The molecule has 1 spiro atoms. The SMILES string of the molecule is C[S+]([O-])c1nc2c(c(N3CC4CC(C3)N4C(=O)OC(C)(C)C)n1)CCC1(C2)Cc2cccc3cccc1c23. The van der Waals surface area contributed by atoms with E-state index in [9.17, 15) is 9.35 Å². The molecule has 2 bridgehead atoms. The summed E-state index contributed by atoms with van der Waals surface area (Å²) < 4.78 is 18.3. The Bertz CT molecular complexity index is 1450. The summed E-state index contributed by atoms with van der Waals surface area (Å²) in [6, 6.07) is 13.6. The number of benzene rings is 2. The van der Waals surface area contributed by atoms with Gasteiger partial charge >= 0.3 is 11.2 Å². The zero-order valence-corrected chi connectivity index (χ0v) is 23.3. The Hall–Kier alpha value is -2.84. The van der Waals surface area contributed by atoms with Crippen molar-refractivity contribution >= 4 is 33.9 Å². The number of piperazine rings is 1. The van der Waals surface area contributed by atoms with Crippen molar-refractivity contribution in [1.29, 1.82) is 0 Å². The minimum atomic E-state index is -1.28. The van der Waals surface area contributed by atoms with Gasteiger partial charge in [0.15, 0.2) is 0 Å². The molecule has 0 radical (unpaired) electrons. The van der Waals surface area contributed by atoms with Crippen LogP contribution in [0.1, 0.15) is 56.0 Å². The molecule has 198 valence electrons. The van der Waals surface area contributed by atoms with Crippen LogP contribution in [0.5, 0.6) is 0 Å². The normalized spacial score (nSPS) is 26.3. The van der Waals surface area contributed by atoms with Crippen LogP contribution in [0.2, 0.25) is 0 Å². The Morgan fingerprint density at radius 1 is 1.11 bits per heavy atom. The molecular formula is C30H34N4O3S. The summed E-state index contributed by atoms with van der Waals surface area (Å²) in [5.74, 6) is 0.919. The number of fused-ring (bicyclic) bond motifs is 4. The first kappa shape index (κ1) is 24.2. The molecule has 0 saturated carbocycles. The van der Waals surface area contributed by atoms with E-state index in [1.54, 1.807) is 6.26 Å². The fourth-order valence-corrected chi connectivity index (χ4v) is 7.76. The van der Waals surface area contributed by atoms with Crippen LogP contribution in [0, 0.1) is 0 Å². The van der Waals surface area contributed by atoms with Crippen LogP contribution in [-0.2, 0) is 40.6 Å². The van der Waals surface area contributed by atoms with E-state index in [1.165, 1.54) is 27.5 Å². The monoisotopic (exact) mass is 530 g/mol. The minimum Gasteiger partial charge on any atom is -0.609 e. The molecular weight excluding hydrogens is 496 g/mol. The maximum atomic E-state index is 12.8. The summed E-state index contributed by atoms with van der Waals surface area (Å²) >= 11 is -1.28. The minimum absolute atomic E-state index is 0.0197. The lowest BCUT2D eigenvalue weighted by molar-refractivity contribution is -0.0381. The Morgan fingerprint density at radius 2 is 1.84 bits per heavy atom. The Kier molecular flexibility index (Phi) is 5.31. The number of carbonyl (C=O) groups excluding carboxylic acids is 1. The van der Waals surface area contributed by atoms with Gasteiger partial charge in [-0.1, -0.05) is 36.4 Å². The van der Waals surface area contributed by atoms with Crippen molar-refractivity contribution in [2.75, 3.05) is 24.2 Å². The molecule has 7 nitrogen and oxygen atoms in total. The molecule has 3 fully saturated rings. The third-order valence-electron chi connectivity index (χ3n) is 8.86. The molecule has 3 aromatic rings. The van der Waals surface area contributed by atoms with E-state index < -0.39 is 16.8 Å². The first-order chi connectivity index (χ1) is 18.1. The number of amides is 1. The second-order valence-corrected chi connectivity index (χ2v) is 13.8. The lowest BCUT2D eigenvalue weighted by Crippen LogP contribution is -2.70. The van der Waals surface area contributed by atoms with Gasteiger partial charge < -0.3 is 14.2 Å². The van der Waals surface area contributed by atoms with Crippen molar-refractivity contribution in [3.63, 3.8) is 0 Å². The second-order valence-electron chi connectivity index (χ2n) is 12.5. The molecule has 8 heteroatoms. The largest absolute Gasteiger partial charge is 0.609 e. The predicted molar refractivity (Wildman–Crippen MR) is 148 cm³/mol. The average Bonchev–Trinajstić information content (AvgIpc) is 3.16. The highest BCUT2D eigenvalue weighted by atomic mass is 32.2. The summed E-state index contributed by atoms with van der Waals surface area (Å²) in [6.07, 6.45) is 6.22. The third kappa shape index (κ3) is 3.71. The van der Waals surface area contributed by atoms with Gasteiger partial charge in [-0.25, -0.2) is 4.79 Å². The number of hydrogen-bond acceptors (Lipinski definition) is 6. The number of carbonyl (C=O) groups is 1. The third-order valence-corrected chi connectivity index (χ3v) is 9.55. The Labute approximate surface area is 226 Å². The molecule has 5 aliphatic rings. The van der Waals surface area contributed by atoms with E-state index in [1.807, 2.05) is 25.7 Å². The van der Waals surface area contributed by atoms with Crippen LogP contribution in [0.15, 0.2) is 41.6 Å². The highest BCUT2D eigenvalue weighted by Crippen LogP contribution is 2.50. The van der Waals surface area contributed by atoms with Gasteiger partial charge in [-0.05, 0) is 68.4 Å². The van der Waals surface area contributed by atoms with Gasteiger partial charge in [-0.3, -0.25) is 4.90 Å². The first-order valence-corrected chi connectivity index (χ1v) is 15.2. The molecule has 8 rings (SSSR count). The lowest BCUT2D eigenvalue weighted by Gasteiger charge is -2.56. The lowest BCUT2D eigenvalue weighted by atomic mass is 9.69. The first-order valence-electron chi connectivity index (χ1n) is 13.6. The zero-order valence-electron chi connectivity index (χ0n) is 22.5. The summed E-state index contributed by atoms with van der Waals surface area (Å²) in [6.45, 7) is 7.14. The highest BCUT2D eigenvalue weighted by Gasteiger charge is 2.50. The van der Waals surface area contributed by atoms with E-state index in [2.05, 4.69) is 41.3 Å². The van der Waals surface area contributed by atoms with Crippen LogP contribution in [0.3, 0.4) is 0 Å². The van der Waals surface area contributed by atoms with Crippen LogP contribution >= 0.6 is 0 Å². The summed E-state index contributed by atoms with van der Waals surface area (Å²) in [4.78, 5) is 26.8. The van der Waals surface area contributed by atoms with Crippen molar-refractivity contribution in [2.24, 2.45) is 0 Å². The number of rotatable bonds is 2. The van der Waals surface area contributed by atoms with Gasteiger partial charge in [0.25, 0.3) is 0 Å². The highest BCUT2D eigenvalue weighted by molar-refractivity contribution is 7.90. The molecule has 3 saturated heterocycles. The molecule has 38 heavy (non-hydrogen) atoms. The standard InChI is InChI=1S/C30H34N4O3S/c1-29(2,3)37-28(35)34-20-13-21(34)17-33(16-20)26-22-11-12-30(15-24(22)31-27(32-26)38(4)36)14-19-9-5-7-18-8-6-10-23(30)25(18)19/h5-10,20-21H,11-17H2,1-4H3. The maximum absolute atomic E-state index is 12.8. The van der Waals surface area contributed by atoms with Crippen molar-refractivity contribution in [1.82, 2.24) is 14.9 Å². The van der Waals surface area contributed by atoms with Gasteiger partial charge in [-0.15, -0.1) is 0 Å². The maximum Gasteiger partial charge on any atom is 0.410 e. The van der Waals surface area contributed by atoms with Crippen LogP contribution in [0.4, 0.5) is 10.6 Å². The number of hydrogen-bond donors (Lipinski definition) is 0. The van der Waals surface area contributed by atoms with Crippen LogP contribution in [-0.4, -0.2) is 62.5 Å². The van der Waals surface area contributed by atoms with E-state index in [-0.39, 0.29) is 23.6 Å². The molecule has 0 N–H and O–H groups in total. The van der Waals surface area contributed by atoms with E-state index in [0.717, 1.165) is 43.6 Å². The van der Waals surface area contributed by atoms with Gasteiger partial charge in [0.1, 0.15) is 17.7 Å². The molecule has 4 unspecified atom stereocenters. The number of ether oxygens (including phenoxy) is 1. The van der Waals surface area contributed by atoms with E-state index in [0.29, 0.717) is 18.2 Å². The van der Waals surface area contributed by atoms with Crippen LogP contribution in [0.25, 0.3) is 10.8 Å².